The summed E-state index contributed by atoms with van der Waals surface area (Å²) < 4.78 is 63.9. The highest BCUT2D eigenvalue weighted by Gasteiger charge is 2.50. The van der Waals surface area contributed by atoms with Crippen molar-refractivity contribution in [2.75, 3.05) is 16.4 Å². The summed E-state index contributed by atoms with van der Waals surface area (Å²) in [6.45, 7) is 3.55. The van der Waals surface area contributed by atoms with E-state index in [0.717, 1.165) is 23.9 Å². The Bertz CT molecular complexity index is 934. The molecule has 1 aromatic rings. The van der Waals surface area contributed by atoms with Gasteiger partial charge in [-0.15, -0.1) is 0 Å². The SMILES string of the molecule is CC[C@H](C)C(=O)N=C1S[C@@H]2CS(=O)(=O)C[C@@H]2N1c1ccc(Cl)c(C(F)(F)F)c1. The zero-order chi connectivity index (χ0) is 20.9. The fourth-order valence-electron chi connectivity index (χ4n) is 3.13. The summed E-state index contributed by atoms with van der Waals surface area (Å²) in [6, 6.07) is 2.80. The molecule has 2 aliphatic rings. The number of amides is 1. The van der Waals surface area contributed by atoms with Crippen LogP contribution in [0.15, 0.2) is 23.2 Å². The largest absolute Gasteiger partial charge is 0.417 e. The molecule has 28 heavy (non-hydrogen) atoms. The van der Waals surface area contributed by atoms with Crippen molar-refractivity contribution in [3.8, 4) is 0 Å². The van der Waals surface area contributed by atoms with Crippen molar-refractivity contribution in [1.29, 1.82) is 0 Å². The molecule has 0 saturated carbocycles. The number of carbonyl (C=O) groups excluding carboxylic acids is 1. The van der Waals surface area contributed by atoms with Crippen LogP contribution >= 0.6 is 23.4 Å². The van der Waals surface area contributed by atoms with Crippen LogP contribution in [0.3, 0.4) is 0 Å². The number of rotatable bonds is 3. The summed E-state index contributed by atoms with van der Waals surface area (Å²) in [6.07, 6.45) is -4.09. The van der Waals surface area contributed by atoms with Gasteiger partial charge in [0.05, 0.1) is 28.1 Å². The van der Waals surface area contributed by atoms with Gasteiger partial charge in [0, 0.05) is 16.9 Å². The van der Waals surface area contributed by atoms with E-state index >= 15 is 0 Å². The standard InChI is InChI=1S/C17H18ClF3N2O3S2/c1-3-9(2)15(24)22-16-23(13-7-28(25,26)8-14(13)27-16)10-4-5-12(18)11(6-10)17(19,20)21/h4-6,9,13-14H,3,7-8H2,1-2H3/t9-,13-,14+/m0/s1. The maximum atomic E-state index is 13.3. The van der Waals surface area contributed by atoms with Gasteiger partial charge < -0.3 is 4.90 Å². The third kappa shape index (κ3) is 4.18. The number of amidine groups is 1. The molecule has 3 rings (SSSR count). The summed E-state index contributed by atoms with van der Waals surface area (Å²) >= 11 is 6.82. The first-order valence-corrected chi connectivity index (χ1v) is 11.7. The zero-order valence-corrected chi connectivity index (χ0v) is 17.4. The number of hydrogen-bond acceptors (Lipinski definition) is 4. The number of anilines is 1. The van der Waals surface area contributed by atoms with E-state index in [4.69, 9.17) is 11.6 Å². The maximum Gasteiger partial charge on any atom is 0.417 e. The van der Waals surface area contributed by atoms with E-state index in [9.17, 15) is 26.4 Å². The summed E-state index contributed by atoms with van der Waals surface area (Å²) in [4.78, 5) is 17.8. The number of alkyl halides is 3. The Kier molecular flexibility index (Phi) is 5.77. The smallest absolute Gasteiger partial charge is 0.316 e. The van der Waals surface area contributed by atoms with Gasteiger partial charge >= 0.3 is 6.18 Å². The van der Waals surface area contributed by atoms with Crippen LogP contribution < -0.4 is 4.90 Å². The average Bonchev–Trinajstić information content (AvgIpc) is 3.04. The lowest BCUT2D eigenvalue weighted by molar-refractivity contribution is -0.137. The van der Waals surface area contributed by atoms with Gasteiger partial charge in [0.2, 0.25) is 0 Å². The lowest BCUT2D eigenvalue weighted by atomic mass is 10.1. The quantitative estimate of drug-likeness (QED) is 0.690. The predicted molar refractivity (Wildman–Crippen MR) is 105 cm³/mol. The van der Waals surface area contributed by atoms with Crippen LogP contribution in [-0.2, 0) is 20.8 Å². The molecule has 0 N–H and O–H groups in total. The van der Waals surface area contributed by atoms with E-state index in [1.165, 1.54) is 11.0 Å². The minimum atomic E-state index is -4.66. The highest BCUT2D eigenvalue weighted by molar-refractivity contribution is 8.16. The summed E-state index contributed by atoms with van der Waals surface area (Å²) in [5.41, 5.74) is -0.905. The number of benzene rings is 1. The molecule has 3 atom stereocenters. The van der Waals surface area contributed by atoms with Gasteiger partial charge in [0.15, 0.2) is 15.0 Å². The van der Waals surface area contributed by atoms with E-state index in [1.54, 1.807) is 6.92 Å². The van der Waals surface area contributed by atoms with Crippen molar-refractivity contribution in [1.82, 2.24) is 0 Å². The molecule has 5 nitrogen and oxygen atoms in total. The molecule has 2 aliphatic heterocycles. The lowest BCUT2D eigenvalue weighted by Gasteiger charge is -2.25. The van der Waals surface area contributed by atoms with Crippen LogP contribution in [0.25, 0.3) is 0 Å². The number of fused-ring (bicyclic) bond motifs is 1. The molecule has 0 bridgehead atoms. The van der Waals surface area contributed by atoms with Gasteiger partial charge in [-0.3, -0.25) is 4.79 Å². The summed E-state index contributed by atoms with van der Waals surface area (Å²) in [5, 5.41) is -0.614. The van der Waals surface area contributed by atoms with Gasteiger partial charge in [-0.25, -0.2) is 8.42 Å². The Morgan fingerprint density at radius 1 is 1.39 bits per heavy atom. The van der Waals surface area contributed by atoms with Gasteiger partial charge in [-0.1, -0.05) is 37.2 Å². The molecule has 2 heterocycles. The van der Waals surface area contributed by atoms with E-state index in [2.05, 4.69) is 4.99 Å². The molecule has 2 fully saturated rings. The van der Waals surface area contributed by atoms with Crippen molar-refractivity contribution >= 4 is 50.0 Å². The highest BCUT2D eigenvalue weighted by Crippen LogP contribution is 2.43. The van der Waals surface area contributed by atoms with Crippen LogP contribution in [0.4, 0.5) is 18.9 Å². The molecular weight excluding hydrogens is 437 g/mol. The van der Waals surface area contributed by atoms with E-state index in [1.807, 2.05) is 6.92 Å². The van der Waals surface area contributed by atoms with Crippen LogP contribution in [-0.4, -0.2) is 42.3 Å². The number of sulfone groups is 1. The monoisotopic (exact) mass is 454 g/mol. The Morgan fingerprint density at radius 3 is 2.68 bits per heavy atom. The topological polar surface area (TPSA) is 66.8 Å². The number of halogens is 4. The summed E-state index contributed by atoms with van der Waals surface area (Å²) in [7, 11) is -3.32. The van der Waals surface area contributed by atoms with Crippen LogP contribution in [0, 0.1) is 5.92 Å². The Balaban J connectivity index is 2.07. The van der Waals surface area contributed by atoms with E-state index in [-0.39, 0.29) is 34.2 Å². The number of hydrogen-bond donors (Lipinski definition) is 0. The molecule has 1 aromatic carbocycles. The molecule has 0 spiro atoms. The number of thioether (sulfide) groups is 1. The molecule has 0 aromatic heterocycles. The first kappa shape index (κ1) is 21.4. The Labute approximate surface area is 170 Å². The van der Waals surface area contributed by atoms with Crippen molar-refractivity contribution in [3.05, 3.63) is 28.8 Å². The molecule has 0 unspecified atom stereocenters. The molecule has 0 radical (unpaired) electrons. The van der Waals surface area contributed by atoms with Crippen molar-refractivity contribution < 1.29 is 26.4 Å². The molecule has 11 heteroatoms. The van der Waals surface area contributed by atoms with E-state index < -0.39 is 37.9 Å². The number of nitrogens with zero attached hydrogens (tertiary/aromatic N) is 2. The summed E-state index contributed by atoms with van der Waals surface area (Å²) in [5.74, 6) is -1.03. The molecule has 2 saturated heterocycles. The second-order valence-corrected chi connectivity index (χ2v) is 10.6. The Morgan fingerprint density at radius 2 is 2.07 bits per heavy atom. The number of aliphatic imine (C=N–C) groups is 1. The van der Waals surface area contributed by atoms with Crippen LogP contribution in [0.5, 0.6) is 0 Å². The molecular formula is C17H18ClF3N2O3S2. The van der Waals surface area contributed by atoms with Gasteiger partial charge in [0.25, 0.3) is 5.91 Å². The fourth-order valence-corrected chi connectivity index (χ4v) is 7.27. The van der Waals surface area contributed by atoms with Gasteiger partial charge in [-0.2, -0.15) is 18.2 Å². The molecule has 154 valence electrons. The minimum absolute atomic E-state index is 0.102. The first-order valence-electron chi connectivity index (χ1n) is 8.58. The zero-order valence-electron chi connectivity index (χ0n) is 15.0. The van der Waals surface area contributed by atoms with Gasteiger partial charge in [0.1, 0.15) is 0 Å². The minimum Gasteiger partial charge on any atom is -0.316 e. The van der Waals surface area contributed by atoms with Gasteiger partial charge in [-0.05, 0) is 24.6 Å². The van der Waals surface area contributed by atoms with E-state index in [0.29, 0.717) is 6.42 Å². The molecule has 0 aliphatic carbocycles. The molecule has 1 amide bonds. The fraction of sp³-hybridized carbons (Fsp3) is 0.529. The normalized spacial score (nSPS) is 26.5. The average molecular weight is 455 g/mol. The second-order valence-electron chi connectivity index (χ2n) is 6.87. The second kappa shape index (κ2) is 7.53. The maximum absolute atomic E-state index is 13.3. The third-order valence-corrected chi connectivity index (χ3v) is 8.38. The Hall–Kier alpha value is -1.26. The lowest BCUT2D eigenvalue weighted by Crippen LogP contribution is -2.38. The third-order valence-electron chi connectivity index (χ3n) is 4.84. The van der Waals surface area contributed by atoms with Crippen LogP contribution in [0.2, 0.25) is 5.02 Å². The van der Waals surface area contributed by atoms with Crippen molar-refractivity contribution in [2.24, 2.45) is 10.9 Å². The van der Waals surface area contributed by atoms with Crippen LogP contribution in [0.1, 0.15) is 25.8 Å². The highest BCUT2D eigenvalue weighted by atomic mass is 35.5. The van der Waals surface area contributed by atoms with Crippen molar-refractivity contribution in [2.45, 2.75) is 37.7 Å². The predicted octanol–water partition coefficient (Wildman–Crippen LogP) is 4.01. The first-order chi connectivity index (χ1) is 12.9. The van der Waals surface area contributed by atoms with Crippen molar-refractivity contribution in [3.63, 3.8) is 0 Å². The number of carbonyl (C=O) groups is 1.